The Bertz CT molecular complexity index is 104. The molecule has 0 rings (SSSR count). The number of unbranched alkanes of at least 4 members (excludes halogenated alkanes) is 10. The highest BCUT2D eigenvalue weighted by molar-refractivity contribution is 4.48. The van der Waals surface area contributed by atoms with Crippen LogP contribution in [-0.2, 0) is 0 Å². The summed E-state index contributed by atoms with van der Waals surface area (Å²) in [6.45, 7) is 3.47. The number of hydrogen-bond donors (Lipinski definition) is 2. The van der Waals surface area contributed by atoms with Crippen LogP contribution in [0.5, 0.6) is 0 Å². The van der Waals surface area contributed by atoms with Crippen LogP contribution in [0.3, 0.4) is 0 Å². The van der Waals surface area contributed by atoms with Crippen molar-refractivity contribution in [3.05, 3.63) is 0 Å². The zero-order valence-corrected chi connectivity index (χ0v) is 13.5. The van der Waals surface area contributed by atoms with Gasteiger partial charge in [0.05, 0.1) is 0 Å². The predicted molar refractivity (Wildman–Crippen MR) is 85.4 cm³/mol. The molecule has 0 fully saturated rings. The van der Waals surface area contributed by atoms with Crippen molar-refractivity contribution in [3.8, 4) is 0 Å². The van der Waals surface area contributed by atoms with Crippen LogP contribution >= 0.6 is 0 Å². The summed E-state index contributed by atoms with van der Waals surface area (Å²) in [5.74, 6) is 0. The summed E-state index contributed by atoms with van der Waals surface area (Å²) in [5, 5.41) is 5.95. The highest BCUT2D eigenvalue weighted by Crippen LogP contribution is 2.10. The molecule has 0 aromatic carbocycles. The summed E-state index contributed by atoms with van der Waals surface area (Å²) in [5.41, 5.74) is 0. The minimum Gasteiger partial charge on any atom is -0.323 e. The van der Waals surface area contributed by atoms with E-state index < -0.39 is 0 Å². The quantitative estimate of drug-likeness (QED) is 0.508. The van der Waals surface area contributed by atoms with E-state index in [-0.39, 0.29) is 0 Å². The van der Waals surface area contributed by atoms with E-state index >= 15 is 0 Å². The fraction of sp³-hybridized carbons (Fsp3) is 1.00. The maximum absolute atomic E-state index is 3.20. The van der Waals surface area contributed by atoms with Crippen molar-refractivity contribution in [1.29, 1.82) is 0 Å². The Morgan fingerprint density at radius 1 is 0.556 bits per heavy atom. The lowest BCUT2D eigenvalue weighted by Gasteiger charge is -2.02. The van der Waals surface area contributed by atoms with Crippen molar-refractivity contribution >= 4 is 0 Å². The van der Waals surface area contributed by atoms with Crippen molar-refractivity contribution in [2.75, 3.05) is 27.7 Å². The molecular formula is C16H38N2. The largest absolute Gasteiger partial charge is 0.323 e. The summed E-state index contributed by atoms with van der Waals surface area (Å²) < 4.78 is 0. The Kier molecular flexibility index (Phi) is 24.9. The Balaban J connectivity index is 0. The fourth-order valence-electron chi connectivity index (χ4n) is 1.97. The normalized spacial score (nSPS) is 10.0. The van der Waals surface area contributed by atoms with Gasteiger partial charge in [0.1, 0.15) is 0 Å². The predicted octanol–water partition coefficient (Wildman–Crippen LogP) is 4.35. The van der Waals surface area contributed by atoms with Crippen molar-refractivity contribution in [2.45, 2.75) is 77.6 Å². The summed E-state index contributed by atoms with van der Waals surface area (Å²) >= 11 is 0. The lowest BCUT2D eigenvalue weighted by atomic mass is 10.1. The van der Waals surface area contributed by atoms with E-state index in [0.29, 0.717) is 0 Å². The highest BCUT2D eigenvalue weighted by Gasteiger charge is 1.92. The average molecular weight is 258 g/mol. The molecule has 112 valence electrons. The molecule has 18 heavy (non-hydrogen) atoms. The Morgan fingerprint density at radius 3 is 1.22 bits per heavy atom. The lowest BCUT2D eigenvalue weighted by molar-refractivity contribution is 0.545. The first-order valence-corrected chi connectivity index (χ1v) is 8.06. The van der Waals surface area contributed by atoms with E-state index in [2.05, 4.69) is 17.6 Å². The molecule has 0 heterocycles. The Labute approximate surface area is 116 Å². The second-order valence-corrected chi connectivity index (χ2v) is 5.14. The third-order valence-corrected chi connectivity index (χ3v) is 3.03. The van der Waals surface area contributed by atoms with Crippen molar-refractivity contribution in [3.63, 3.8) is 0 Å². The van der Waals surface area contributed by atoms with Crippen LogP contribution in [-0.4, -0.2) is 27.7 Å². The molecule has 0 saturated carbocycles. The SMILES string of the molecule is CCCCCCCCCCCCCNC.CNC. The molecular weight excluding hydrogens is 220 g/mol. The van der Waals surface area contributed by atoms with E-state index in [1.807, 2.05) is 21.1 Å². The summed E-state index contributed by atoms with van der Waals surface area (Å²) in [4.78, 5) is 0. The van der Waals surface area contributed by atoms with Crippen LogP contribution in [0.2, 0.25) is 0 Å². The molecule has 0 radical (unpaired) electrons. The van der Waals surface area contributed by atoms with E-state index in [1.54, 1.807) is 0 Å². The van der Waals surface area contributed by atoms with E-state index in [9.17, 15) is 0 Å². The molecule has 0 bridgehead atoms. The molecule has 2 heteroatoms. The van der Waals surface area contributed by atoms with Gasteiger partial charge >= 0.3 is 0 Å². The van der Waals surface area contributed by atoms with Crippen LogP contribution in [0, 0.1) is 0 Å². The molecule has 0 amide bonds. The van der Waals surface area contributed by atoms with Gasteiger partial charge in [0.15, 0.2) is 0 Å². The van der Waals surface area contributed by atoms with Crippen molar-refractivity contribution in [1.82, 2.24) is 10.6 Å². The van der Waals surface area contributed by atoms with E-state index in [0.717, 1.165) is 0 Å². The Hall–Kier alpha value is -0.0800. The van der Waals surface area contributed by atoms with E-state index in [1.165, 1.54) is 77.2 Å². The topological polar surface area (TPSA) is 24.1 Å². The molecule has 0 aromatic rings. The van der Waals surface area contributed by atoms with Crippen LogP contribution in [0.15, 0.2) is 0 Å². The second kappa shape index (κ2) is 22.1. The van der Waals surface area contributed by atoms with Gasteiger partial charge in [-0.1, -0.05) is 71.1 Å². The highest BCUT2D eigenvalue weighted by atomic mass is 14.8. The first-order chi connectivity index (χ1) is 8.83. The first kappa shape index (κ1) is 20.2. The third kappa shape index (κ3) is 24.9. The molecule has 0 saturated heterocycles. The van der Waals surface area contributed by atoms with E-state index in [4.69, 9.17) is 0 Å². The first-order valence-electron chi connectivity index (χ1n) is 8.06. The molecule has 0 atom stereocenters. The Morgan fingerprint density at radius 2 is 0.889 bits per heavy atom. The number of rotatable bonds is 12. The van der Waals surface area contributed by atoms with Gasteiger partial charge in [-0.15, -0.1) is 0 Å². The number of nitrogens with one attached hydrogen (secondary N) is 2. The standard InChI is InChI=1S/C14H31N.C2H7N/c1-3-4-5-6-7-8-9-10-11-12-13-14-15-2;1-3-2/h15H,3-14H2,1-2H3;3H,1-2H3. The van der Waals surface area contributed by atoms with Crippen molar-refractivity contribution < 1.29 is 0 Å². The number of hydrogen-bond acceptors (Lipinski definition) is 2. The third-order valence-electron chi connectivity index (χ3n) is 3.03. The smallest absolute Gasteiger partial charge is 0.00519 e. The molecule has 0 aliphatic rings. The van der Waals surface area contributed by atoms with Crippen LogP contribution in [0.1, 0.15) is 77.6 Å². The van der Waals surface area contributed by atoms with Gasteiger partial charge in [0.2, 0.25) is 0 Å². The van der Waals surface area contributed by atoms with Crippen LogP contribution < -0.4 is 10.6 Å². The minimum atomic E-state index is 1.19. The maximum atomic E-state index is 3.20. The van der Waals surface area contributed by atoms with Gasteiger partial charge in [-0.2, -0.15) is 0 Å². The van der Waals surface area contributed by atoms with Gasteiger partial charge in [-0.25, -0.2) is 0 Å². The molecule has 0 spiro atoms. The van der Waals surface area contributed by atoms with Gasteiger partial charge in [0, 0.05) is 0 Å². The monoisotopic (exact) mass is 258 g/mol. The average Bonchev–Trinajstić information content (AvgIpc) is 2.37. The molecule has 0 aromatic heterocycles. The molecule has 0 unspecified atom stereocenters. The van der Waals surface area contributed by atoms with Crippen LogP contribution in [0.4, 0.5) is 0 Å². The van der Waals surface area contributed by atoms with Gasteiger partial charge in [-0.3, -0.25) is 0 Å². The lowest BCUT2D eigenvalue weighted by Crippen LogP contribution is -2.06. The summed E-state index contributed by atoms with van der Waals surface area (Å²) in [7, 11) is 5.79. The van der Waals surface area contributed by atoms with Gasteiger partial charge < -0.3 is 10.6 Å². The minimum absolute atomic E-state index is 1.19. The van der Waals surface area contributed by atoms with Gasteiger partial charge in [-0.05, 0) is 34.1 Å². The maximum Gasteiger partial charge on any atom is -0.00519 e. The van der Waals surface area contributed by atoms with Crippen LogP contribution in [0.25, 0.3) is 0 Å². The zero-order valence-electron chi connectivity index (χ0n) is 13.5. The summed E-state index contributed by atoms with van der Waals surface area (Å²) in [6, 6.07) is 0. The molecule has 2 nitrogen and oxygen atoms in total. The van der Waals surface area contributed by atoms with Crippen molar-refractivity contribution in [2.24, 2.45) is 0 Å². The second-order valence-electron chi connectivity index (χ2n) is 5.14. The fourth-order valence-corrected chi connectivity index (χ4v) is 1.97. The zero-order chi connectivity index (χ0) is 13.9. The summed E-state index contributed by atoms with van der Waals surface area (Å²) in [6.07, 6.45) is 15.8. The molecule has 0 aliphatic carbocycles. The molecule has 0 aliphatic heterocycles. The van der Waals surface area contributed by atoms with Gasteiger partial charge in [0.25, 0.3) is 0 Å². The molecule has 2 N–H and O–H groups in total.